The normalized spacial score (nSPS) is 15.6. The van der Waals surface area contributed by atoms with Gasteiger partial charge in [-0.05, 0) is 71.8 Å². The Balaban J connectivity index is 1.54. The zero-order valence-corrected chi connectivity index (χ0v) is 22.3. The van der Waals surface area contributed by atoms with E-state index < -0.39 is 12.1 Å². The third kappa shape index (κ3) is 6.77. The van der Waals surface area contributed by atoms with Crippen LogP contribution >= 0.6 is 0 Å². The van der Waals surface area contributed by atoms with Gasteiger partial charge in [-0.3, -0.25) is 14.6 Å². The largest absolute Gasteiger partial charge is 0.481 e. The highest BCUT2D eigenvalue weighted by Crippen LogP contribution is 2.38. The molecule has 3 aromatic rings. The maximum atomic E-state index is 14.3. The summed E-state index contributed by atoms with van der Waals surface area (Å²) in [6.45, 7) is 6.98. The Morgan fingerprint density at radius 1 is 1.13 bits per heavy atom. The molecule has 2 atom stereocenters. The molecule has 7 heteroatoms. The molecule has 0 aliphatic carbocycles. The SMILES string of the molecule is CCC(Oc1ccc2c(c1)C(c1cccc(F)c1)N(C(=O)CC(C)C)CC2)C(=O)NCCc1ccccn1. The van der Waals surface area contributed by atoms with Crippen molar-refractivity contribution in [2.75, 3.05) is 13.1 Å². The third-order valence-corrected chi connectivity index (χ3v) is 6.76. The molecule has 2 heterocycles. The van der Waals surface area contributed by atoms with Crippen molar-refractivity contribution < 1.29 is 18.7 Å². The number of nitrogens with zero attached hydrogens (tertiary/aromatic N) is 2. The number of aromatic nitrogens is 1. The van der Waals surface area contributed by atoms with Crippen molar-refractivity contribution >= 4 is 11.8 Å². The predicted molar refractivity (Wildman–Crippen MR) is 145 cm³/mol. The van der Waals surface area contributed by atoms with Gasteiger partial charge in [0.1, 0.15) is 11.6 Å². The third-order valence-electron chi connectivity index (χ3n) is 6.76. The summed E-state index contributed by atoms with van der Waals surface area (Å²) in [7, 11) is 0. The van der Waals surface area contributed by atoms with Crippen molar-refractivity contribution in [1.82, 2.24) is 15.2 Å². The van der Waals surface area contributed by atoms with Crippen LogP contribution in [0.4, 0.5) is 4.39 Å². The monoisotopic (exact) mass is 517 g/mol. The van der Waals surface area contributed by atoms with Crippen LogP contribution in [0.2, 0.25) is 0 Å². The summed E-state index contributed by atoms with van der Waals surface area (Å²) in [6.07, 6.45) is 3.34. The highest BCUT2D eigenvalue weighted by molar-refractivity contribution is 5.81. The van der Waals surface area contributed by atoms with Gasteiger partial charge in [0.25, 0.3) is 5.91 Å². The fourth-order valence-corrected chi connectivity index (χ4v) is 4.90. The molecular weight excluding hydrogens is 481 g/mol. The molecule has 1 aliphatic rings. The van der Waals surface area contributed by atoms with E-state index in [0.717, 1.165) is 22.4 Å². The lowest BCUT2D eigenvalue weighted by Gasteiger charge is -2.38. The number of amides is 2. The summed E-state index contributed by atoms with van der Waals surface area (Å²) in [4.78, 5) is 32.2. The van der Waals surface area contributed by atoms with Gasteiger partial charge in [-0.1, -0.05) is 45.0 Å². The lowest BCUT2D eigenvalue weighted by atomic mass is 9.87. The molecule has 1 aliphatic heterocycles. The molecule has 4 rings (SSSR count). The van der Waals surface area contributed by atoms with Gasteiger partial charge in [0.05, 0.1) is 6.04 Å². The summed E-state index contributed by atoms with van der Waals surface area (Å²) in [5.74, 6) is 0.288. The van der Waals surface area contributed by atoms with Crippen LogP contribution in [-0.2, 0) is 22.4 Å². The van der Waals surface area contributed by atoms with E-state index in [9.17, 15) is 14.0 Å². The van der Waals surface area contributed by atoms with Crippen LogP contribution in [0, 0.1) is 11.7 Å². The molecular formula is C31H36FN3O3. The second-order valence-electron chi connectivity index (χ2n) is 10.1. The van der Waals surface area contributed by atoms with Crippen LogP contribution in [0.15, 0.2) is 66.9 Å². The Hall–Kier alpha value is -3.74. The zero-order chi connectivity index (χ0) is 27.1. The minimum Gasteiger partial charge on any atom is -0.481 e. The maximum Gasteiger partial charge on any atom is 0.261 e. The average Bonchev–Trinajstić information content (AvgIpc) is 2.91. The summed E-state index contributed by atoms with van der Waals surface area (Å²) in [5, 5.41) is 2.95. The van der Waals surface area contributed by atoms with Crippen LogP contribution in [0.3, 0.4) is 0 Å². The number of nitrogens with one attached hydrogen (secondary N) is 1. The minimum absolute atomic E-state index is 0.0463. The van der Waals surface area contributed by atoms with E-state index in [-0.39, 0.29) is 23.5 Å². The fourth-order valence-electron chi connectivity index (χ4n) is 4.90. The second-order valence-corrected chi connectivity index (χ2v) is 10.1. The van der Waals surface area contributed by atoms with Gasteiger partial charge in [-0.25, -0.2) is 4.39 Å². The van der Waals surface area contributed by atoms with E-state index >= 15 is 0 Å². The van der Waals surface area contributed by atoms with E-state index in [1.54, 1.807) is 12.3 Å². The van der Waals surface area contributed by atoms with Gasteiger partial charge in [0.15, 0.2) is 6.10 Å². The fraction of sp³-hybridized carbons (Fsp3) is 0.387. The van der Waals surface area contributed by atoms with E-state index in [2.05, 4.69) is 10.3 Å². The molecule has 0 saturated heterocycles. The number of hydrogen-bond donors (Lipinski definition) is 1. The van der Waals surface area contributed by atoms with Gasteiger partial charge >= 0.3 is 0 Å². The van der Waals surface area contributed by atoms with Crippen LogP contribution < -0.4 is 10.1 Å². The van der Waals surface area contributed by atoms with E-state index in [0.29, 0.717) is 44.5 Å². The Kier molecular flexibility index (Phi) is 9.10. The van der Waals surface area contributed by atoms with Gasteiger partial charge in [0.2, 0.25) is 5.91 Å². The lowest BCUT2D eigenvalue weighted by molar-refractivity contribution is -0.134. The maximum absolute atomic E-state index is 14.3. The Morgan fingerprint density at radius 3 is 2.68 bits per heavy atom. The first-order valence-corrected chi connectivity index (χ1v) is 13.4. The number of benzene rings is 2. The number of halogens is 1. The quantitative estimate of drug-likeness (QED) is 0.398. The van der Waals surface area contributed by atoms with Gasteiger partial charge in [-0.15, -0.1) is 0 Å². The molecule has 2 amide bonds. The zero-order valence-electron chi connectivity index (χ0n) is 22.3. The van der Waals surface area contributed by atoms with E-state index in [1.165, 1.54) is 12.1 Å². The van der Waals surface area contributed by atoms with Gasteiger partial charge in [0, 0.05) is 37.8 Å². The van der Waals surface area contributed by atoms with Crippen molar-refractivity contribution in [3.63, 3.8) is 0 Å². The van der Waals surface area contributed by atoms with E-state index in [1.807, 2.05) is 68.1 Å². The van der Waals surface area contributed by atoms with Crippen molar-refractivity contribution in [3.8, 4) is 5.75 Å². The summed E-state index contributed by atoms with van der Waals surface area (Å²) < 4.78 is 20.4. The average molecular weight is 518 g/mol. The first-order valence-electron chi connectivity index (χ1n) is 13.4. The van der Waals surface area contributed by atoms with Crippen LogP contribution in [0.1, 0.15) is 62.0 Å². The molecule has 6 nitrogen and oxygen atoms in total. The summed E-state index contributed by atoms with van der Waals surface area (Å²) in [5.41, 5.74) is 3.63. The Labute approximate surface area is 224 Å². The number of carbonyl (C=O) groups excluding carboxylic acids is 2. The predicted octanol–water partition coefficient (Wildman–Crippen LogP) is 5.26. The molecule has 200 valence electrons. The van der Waals surface area contributed by atoms with Crippen molar-refractivity contribution in [1.29, 1.82) is 0 Å². The number of rotatable bonds is 10. The molecule has 38 heavy (non-hydrogen) atoms. The molecule has 0 radical (unpaired) electrons. The van der Waals surface area contributed by atoms with Crippen molar-refractivity contribution in [2.45, 2.75) is 58.6 Å². The molecule has 0 fully saturated rings. The van der Waals surface area contributed by atoms with Crippen LogP contribution in [-0.4, -0.2) is 40.9 Å². The number of hydrogen-bond acceptors (Lipinski definition) is 4. The molecule has 0 spiro atoms. The van der Waals surface area contributed by atoms with Gasteiger partial charge < -0.3 is 15.0 Å². The molecule has 1 N–H and O–H groups in total. The Morgan fingerprint density at radius 2 is 1.97 bits per heavy atom. The molecule has 1 aromatic heterocycles. The number of fused-ring (bicyclic) bond motifs is 1. The molecule has 0 bridgehead atoms. The van der Waals surface area contributed by atoms with Gasteiger partial charge in [-0.2, -0.15) is 0 Å². The highest BCUT2D eigenvalue weighted by Gasteiger charge is 2.33. The number of pyridine rings is 1. The number of ether oxygens (including phenoxy) is 1. The first-order chi connectivity index (χ1) is 18.4. The van der Waals surface area contributed by atoms with Crippen molar-refractivity contribution in [2.24, 2.45) is 5.92 Å². The topological polar surface area (TPSA) is 71.5 Å². The van der Waals surface area contributed by atoms with E-state index in [4.69, 9.17) is 4.74 Å². The smallest absolute Gasteiger partial charge is 0.261 e. The minimum atomic E-state index is -0.660. The number of carbonyl (C=O) groups is 2. The standard InChI is InChI=1S/C31H36FN3O3/c1-4-28(31(37)34-16-13-25-10-5-6-15-33-25)38-26-12-11-22-14-17-35(29(36)18-21(2)3)30(27(22)20-26)23-8-7-9-24(32)19-23/h5-12,15,19-21,28,30H,4,13-14,16-18H2,1-3H3,(H,34,37). The summed E-state index contributed by atoms with van der Waals surface area (Å²) in [6, 6.07) is 17.5. The molecule has 0 saturated carbocycles. The highest BCUT2D eigenvalue weighted by atomic mass is 19.1. The second kappa shape index (κ2) is 12.7. The lowest BCUT2D eigenvalue weighted by Crippen LogP contribution is -2.41. The Bertz CT molecular complexity index is 1250. The van der Waals surface area contributed by atoms with Crippen molar-refractivity contribution in [3.05, 3.63) is 95.1 Å². The van der Waals surface area contributed by atoms with Crippen LogP contribution in [0.25, 0.3) is 0 Å². The molecule has 2 aromatic carbocycles. The van der Waals surface area contributed by atoms with Crippen LogP contribution in [0.5, 0.6) is 5.75 Å². The molecule has 2 unspecified atom stereocenters. The first kappa shape index (κ1) is 27.3. The summed E-state index contributed by atoms with van der Waals surface area (Å²) >= 11 is 0.